The number of fused-ring (bicyclic) bond motifs is 1. The normalized spacial score (nSPS) is 21.5. The van der Waals surface area contributed by atoms with Crippen molar-refractivity contribution in [2.45, 2.75) is 71.5 Å². The summed E-state index contributed by atoms with van der Waals surface area (Å²) in [6.45, 7) is 8.29. The SMILES string of the molecule is Cc1cccc(Nc2nc(NC3CCCCC3(NC(=O)O)C(C)(C)C)c(C#N)c3c2C(=O)NC3)c1. The van der Waals surface area contributed by atoms with Gasteiger partial charge < -0.3 is 26.4 Å². The van der Waals surface area contributed by atoms with Crippen LogP contribution in [-0.2, 0) is 6.54 Å². The average molecular weight is 477 g/mol. The summed E-state index contributed by atoms with van der Waals surface area (Å²) in [5.74, 6) is 0.441. The van der Waals surface area contributed by atoms with E-state index in [1.807, 2.05) is 52.0 Å². The van der Waals surface area contributed by atoms with Crippen LogP contribution in [0.15, 0.2) is 24.3 Å². The zero-order valence-corrected chi connectivity index (χ0v) is 20.6. The molecule has 1 aromatic heterocycles. The first kappa shape index (κ1) is 24.3. The van der Waals surface area contributed by atoms with Crippen LogP contribution in [0.3, 0.4) is 0 Å². The van der Waals surface area contributed by atoms with Crippen molar-refractivity contribution >= 4 is 29.3 Å². The van der Waals surface area contributed by atoms with Crippen molar-refractivity contribution in [3.63, 3.8) is 0 Å². The highest BCUT2D eigenvalue weighted by molar-refractivity contribution is 6.04. The van der Waals surface area contributed by atoms with Crippen LogP contribution in [0.5, 0.6) is 0 Å². The predicted molar refractivity (Wildman–Crippen MR) is 134 cm³/mol. The van der Waals surface area contributed by atoms with Crippen LogP contribution in [0.2, 0.25) is 0 Å². The molecule has 2 unspecified atom stereocenters. The Labute approximate surface area is 205 Å². The van der Waals surface area contributed by atoms with E-state index in [0.29, 0.717) is 34.7 Å². The fourth-order valence-corrected chi connectivity index (χ4v) is 5.45. The second-order valence-electron chi connectivity index (χ2n) is 10.4. The third-order valence-corrected chi connectivity index (χ3v) is 7.23. The highest BCUT2D eigenvalue weighted by Gasteiger charge is 2.51. The number of carbonyl (C=O) groups is 2. The minimum Gasteiger partial charge on any atom is -0.465 e. The van der Waals surface area contributed by atoms with Crippen molar-refractivity contribution in [2.24, 2.45) is 5.41 Å². The van der Waals surface area contributed by atoms with Gasteiger partial charge in [-0.05, 0) is 42.9 Å². The van der Waals surface area contributed by atoms with E-state index in [1.54, 1.807) is 0 Å². The Bertz CT molecular complexity index is 1210. The molecule has 0 bridgehead atoms. The molecule has 4 rings (SSSR count). The Morgan fingerprint density at radius 2 is 2.06 bits per heavy atom. The Hall–Kier alpha value is -3.80. The summed E-state index contributed by atoms with van der Waals surface area (Å²) in [5.41, 5.74) is 1.94. The molecule has 2 amide bonds. The van der Waals surface area contributed by atoms with Crippen LogP contribution in [0, 0.1) is 23.7 Å². The number of carbonyl (C=O) groups excluding carboxylic acids is 1. The topological polar surface area (TPSA) is 139 Å². The van der Waals surface area contributed by atoms with Crippen molar-refractivity contribution in [1.82, 2.24) is 15.6 Å². The molecule has 1 aromatic carbocycles. The fraction of sp³-hybridized carbons (Fsp3) is 0.462. The number of aryl methyl sites for hydroxylation is 1. The number of nitrogens with zero attached hydrogens (tertiary/aromatic N) is 2. The van der Waals surface area contributed by atoms with Crippen molar-refractivity contribution in [1.29, 1.82) is 5.26 Å². The highest BCUT2D eigenvalue weighted by Crippen LogP contribution is 2.44. The van der Waals surface area contributed by atoms with Gasteiger partial charge in [0, 0.05) is 17.8 Å². The molecule has 0 saturated heterocycles. The van der Waals surface area contributed by atoms with Crippen LogP contribution in [-0.4, -0.2) is 33.7 Å². The molecule has 0 radical (unpaired) electrons. The number of pyridine rings is 1. The third kappa shape index (κ3) is 4.48. The van der Waals surface area contributed by atoms with Gasteiger partial charge in [-0.15, -0.1) is 0 Å². The molecule has 2 heterocycles. The third-order valence-electron chi connectivity index (χ3n) is 7.23. The highest BCUT2D eigenvalue weighted by atomic mass is 16.4. The van der Waals surface area contributed by atoms with Crippen molar-refractivity contribution in [3.8, 4) is 6.07 Å². The summed E-state index contributed by atoms with van der Waals surface area (Å²) in [6.07, 6.45) is 2.14. The standard InChI is InChI=1S/C26H32N6O3/c1-15-8-7-9-16(12-15)29-22-20-18(14-28-23(20)33)17(13-27)21(31-22)30-19-10-5-6-11-26(19,25(2,3)4)32-24(34)35/h7-9,12,19,32H,5-6,10-11,14H2,1-4H3,(H,28,33)(H,34,35)(H2,29,30,31). The smallest absolute Gasteiger partial charge is 0.405 e. The summed E-state index contributed by atoms with van der Waals surface area (Å²) in [4.78, 5) is 29.3. The minimum atomic E-state index is -1.08. The fourth-order valence-electron chi connectivity index (χ4n) is 5.45. The maximum atomic E-state index is 12.7. The van der Waals surface area contributed by atoms with Gasteiger partial charge in [0.2, 0.25) is 0 Å². The molecule has 2 aliphatic rings. The maximum absolute atomic E-state index is 12.7. The van der Waals surface area contributed by atoms with Gasteiger partial charge in [0.1, 0.15) is 23.3 Å². The molecule has 1 aliphatic carbocycles. The lowest BCUT2D eigenvalue weighted by Crippen LogP contribution is -2.67. The van der Waals surface area contributed by atoms with E-state index in [-0.39, 0.29) is 18.5 Å². The van der Waals surface area contributed by atoms with E-state index >= 15 is 0 Å². The van der Waals surface area contributed by atoms with Crippen LogP contribution in [0.25, 0.3) is 0 Å². The second-order valence-corrected chi connectivity index (χ2v) is 10.4. The lowest BCUT2D eigenvalue weighted by molar-refractivity contribution is 0.0720. The van der Waals surface area contributed by atoms with Gasteiger partial charge in [-0.2, -0.15) is 5.26 Å². The molecule has 0 spiro atoms. The Morgan fingerprint density at radius 1 is 1.29 bits per heavy atom. The minimum absolute atomic E-state index is 0.235. The van der Waals surface area contributed by atoms with Crippen molar-refractivity contribution < 1.29 is 14.7 Å². The summed E-state index contributed by atoms with van der Waals surface area (Å²) in [7, 11) is 0. The number of amides is 2. The van der Waals surface area contributed by atoms with Gasteiger partial charge in [-0.3, -0.25) is 4.79 Å². The number of carboxylic acid groups (broad SMARTS) is 1. The van der Waals surface area contributed by atoms with E-state index in [0.717, 1.165) is 30.5 Å². The molecule has 184 valence electrons. The number of hydrogen-bond acceptors (Lipinski definition) is 6. The summed E-state index contributed by atoms with van der Waals surface area (Å²) in [6, 6.07) is 9.68. The van der Waals surface area contributed by atoms with E-state index in [2.05, 4.69) is 27.3 Å². The molecule has 9 nitrogen and oxygen atoms in total. The number of aromatic nitrogens is 1. The zero-order chi connectivity index (χ0) is 25.4. The molecule has 35 heavy (non-hydrogen) atoms. The molecular formula is C26H32N6O3. The van der Waals surface area contributed by atoms with Gasteiger partial charge in [0.05, 0.1) is 17.1 Å². The predicted octanol–water partition coefficient (Wildman–Crippen LogP) is 4.66. The Balaban J connectivity index is 1.81. The molecular weight excluding hydrogens is 444 g/mol. The maximum Gasteiger partial charge on any atom is 0.405 e. The zero-order valence-electron chi connectivity index (χ0n) is 20.6. The quantitative estimate of drug-likeness (QED) is 0.423. The van der Waals surface area contributed by atoms with E-state index in [9.17, 15) is 20.0 Å². The summed E-state index contributed by atoms with van der Waals surface area (Å²) < 4.78 is 0. The Kier molecular flexibility index (Phi) is 6.32. The molecule has 2 atom stereocenters. The van der Waals surface area contributed by atoms with E-state index in [1.165, 1.54) is 0 Å². The first-order valence-electron chi connectivity index (χ1n) is 11.9. The molecule has 5 N–H and O–H groups in total. The molecule has 1 saturated carbocycles. The lowest BCUT2D eigenvalue weighted by atomic mass is 9.62. The van der Waals surface area contributed by atoms with Crippen molar-refractivity contribution in [3.05, 3.63) is 46.5 Å². The summed E-state index contributed by atoms with van der Waals surface area (Å²) >= 11 is 0. The monoisotopic (exact) mass is 476 g/mol. The second kappa shape index (κ2) is 9.10. The first-order valence-corrected chi connectivity index (χ1v) is 11.9. The van der Waals surface area contributed by atoms with E-state index in [4.69, 9.17) is 4.98 Å². The average Bonchev–Trinajstić information content (AvgIpc) is 3.16. The number of benzene rings is 1. The van der Waals surface area contributed by atoms with Crippen LogP contribution >= 0.6 is 0 Å². The number of nitrogens with one attached hydrogen (secondary N) is 4. The first-order chi connectivity index (χ1) is 16.6. The van der Waals surface area contributed by atoms with Gasteiger partial charge in [-0.25, -0.2) is 9.78 Å². The molecule has 2 aromatic rings. The van der Waals surface area contributed by atoms with Gasteiger partial charge in [0.15, 0.2) is 0 Å². The van der Waals surface area contributed by atoms with Gasteiger partial charge in [-0.1, -0.05) is 45.7 Å². The van der Waals surface area contributed by atoms with Crippen LogP contribution in [0.4, 0.5) is 22.1 Å². The number of anilines is 3. The Morgan fingerprint density at radius 3 is 2.71 bits per heavy atom. The van der Waals surface area contributed by atoms with Crippen molar-refractivity contribution in [2.75, 3.05) is 10.6 Å². The molecule has 1 fully saturated rings. The van der Waals surface area contributed by atoms with E-state index < -0.39 is 17.0 Å². The van der Waals surface area contributed by atoms with Gasteiger partial charge >= 0.3 is 6.09 Å². The molecule has 1 aliphatic heterocycles. The van der Waals surface area contributed by atoms with Gasteiger partial charge in [0.25, 0.3) is 5.91 Å². The largest absolute Gasteiger partial charge is 0.465 e. The van der Waals surface area contributed by atoms with Crippen LogP contribution in [0.1, 0.15) is 73.5 Å². The summed E-state index contributed by atoms with van der Waals surface area (Å²) in [5, 5.41) is 32.1. The molecule has 9 heteroatoms. The number of hydrogen-bond donors (Lipinski definition) is 5. The number of rotatable bonds is 5. The lowest BCUT2D eigenvalue weighted by Gasteiger charge is -2.52. The van der Waals surface area contributed by atoms with Crippen LogP contribution < -0.4 is 21.3 Å². The number of nitriles is 1.